The molecule has 5 nitrogen and oxygen atoms in total. The van der Waals surface area contributed by atoms with E-state index in [4.69, 9.17) is 10.5 Å². The quantitative estimate of drug-likeness (QED) is 0.663. The molecule has 18 heavy (non-hydrogen) atoms. The van der Waals surface area contributed by atoms with Crippen molar-refractivity contribution in [2.24, 2.45) is 0 Å². The van der Waals surface area contributed by atoms with Crippen molar-refractivity contribution in [2.45, 2.75) is 31.3 Å². The van der Waals surface area contributed by atoms with Gasteiger partial charge in [-0.05, 0) is 32.9 Å². The normalized spacial score (nSPS) is 12.2. The van der Waals surface area contributed by atoms with Crippen LogP contribution in [0.5, 0.6) is 0 Å². The van der Waals surface area contributed by atoms with Crippen LogP contribution in [0.25, 0.3) is 0 Å². The standard InChI is InChI=1S/C12H17NO4S/c1-12(2,3)17-11(14)8-18(15,16)10-7-5-4-6-9(10)13/h4-7H,8,13H2,1-3H3. The number of hydrogen-bond donors (Lipinski definition) is 1. The average molecular weight is 271 g/mol. The van der Waals surface area contributed by atoms with Gasteiger partial charge in [0.15, 0.2) is 15.6 Å². The van der Waals surface area contributed by atoms with E-state index in [1.807, 2.05) is 0 Å². The number of nitrogen functional groups attached to an aromatic ring is 1. The van der Waals surface area contributed by atoms with Crippen molar-refractivity contribution < 1.29 is 17.9 Å². The molecule has 6 heteroatoms. The zero-order chi connectivity index (χ0) is 14.0. The van der Waals surface area contributed by atoms with Gasteiger partial charge in [0.1, 0.15) is 5.60 Å². The highest BCUT2D eigenvalue weighted by atomic mass is 32.2. The van der Waals surface area contributed by atoms with Crippen LogP contribution in [0.2, 0.25) is 0 Å². The Morgan fingerprint density at radius 3 is 2.33 bits per heavy atom. The van der Waals surface area contributed by atoms with E-state index in [9.17, 15) is 13.2 Å². The third-order valence-corrected chi connectivity index (χ3v) is 3.64. The summed E-state index contributed by atoms with van der Waals surface area (Å²) in [5.41, 5.74) is 4.99. The minimum absolute atomic E-state index is 0.0455. The van der Waals surface area contributed by atoms with Gasteiger partial charge >= 0.3 is 5.97 Å². The molecule has 0 saturated heterocycles. The minimum Gasteiger partial charge on any atom is -0.459 e. The number of benzene rings is 1. The van der Waals surface area contributed by atoms with Gasteiger partial charge in [-0.15, -0.1) is 0 Å². The van der Waals surface area contributed by atoms with E-state index < -0.39 is 27.2 Å². The van der Waals surface area contributed by atoms with Crippen LogP contribution in [-0.4, -0.2) is 25.7 Å². The first-order valence-electron chi connectivity index (χ1n) is 5.41. The highest BCUT2D eigenvalue weighted by Gasteiger charge is 2.25. The second kappa shape index (κ2) is 4.97. The number of sulfone groups is 1. The highest BCUT2D eigenvalue weighted by molar-refractivity contribution is 7.92. The van der Waals surface area contributed by atoms with Crippen LogP contribution in [-0.2, 0) is 19.4 Å². The zero-order valence-corrected chi connectivity index (χ0v) is 11.5. The molecular formula is C12H17NO4S. The molecule has 0 fully saturated rings. The van der Waals surface area contributed by atoms with Crippen LogP contribution in [0, 0.1) is 0 Å². The Kier molecular flexibility index (Phi) is 4.01. The van der Waals surface area contributed by atoms with Crippen LogP contribution in [0.1, 0.15) is 20.8 Å². The Balaban J connectivity index is 2.91. The average Bonchev–Trinajstić information content (AvgIpc) is 2.13. The van der Waals surface area contributed by atoms with E-state index >= 15 is 0 Å². The fourth-order valence-electron chi connectivity index (χ4n) is 1.37. The maximum Gasteiger partial charge on any atom is 0.322 e. The van der Waals surface area contributed by atoms with Crippen molar-refractivity contribution in [3.63, 3.8) is 0 Å². The molecule has 0 aromatic heterocycles. The first kappa shape index (κ1) is 14.5. The number of nitrogens with two attached hydrogens (primary N) is 1. The van der Waals surface area contributed by atoms with Gasteiger partial charge in [-0.1, -0.05) is 12.1 Å². The maximum absolute atomic E-state index is 12.0. The summed E-state index contributed by atoms with van der Waals surface area (Å²) in [6.07, 6.45) is 0. The van der Waals surface area contributed by atoms with E-state index in [1.54, 1.807) is 32.9 Å². The van der Waals surface area contributed by atoms with Gasteiger partial charge in [-0.25, -0.2) is 8.42 Å². The molecule has 1 rings (SSSR count). The SMILES string of the molecule is CC(C)(C)OC(=O)CS(=O)(=O)c1ccccc1N. The lowest BCUT2D eigenvalue weighted by Crippen LogP contribution is -2.28. The maximum atomic E-state index is 12.0. The molecule has 1 aromatic rings. The Hall–Kier alpha value is -1.56. The molecular weight excluding hydrogens is 254 g/mol. The van der Waals surface area contributed by atoms with Crippen LogP contribution in [0.3, 0.4) is 0 Å². The van der Waals surface area contributed by atoms with Crippen molar-refractivity contribution in [3.05, 3.63) is 24.3 Å². The molecule has 0 atom stereocenters. The molecule has 100 valence electrons. The molecule has 0 bridgehead atoms. The number of para-hydroxylation sites is 1. The Labute approximate surface area is 107 Å². The molecule has 2 N–H and O–H groups in total. The van der Waals surface area contributed by atoms with Gasteiger partial charge in [0.05, 0.1) is 10.6 Å². The predicted molar refractivity (Wildman–Crippen MR) is 68.8 cm³/mol. The van der Waals surface area contributed by atoms with E-state index in [2.05, 4.69) is 0 Å². The number of rotatable bonds is 3. The van der Waals surface area contributed by atoms with Crippen LogP contribution in [0.15, 0.2) is 29.2 Å². The smallest absolute Gasteiger partial charge is 0.322 e. The van der Waals surface area contributed by atoms with Gasteiger partial charge in [-0.3, -0.25) is 4.79 Å². The van der Waals surface area contributed by atoms with Gasteiger partial charge in [0.25, 0.3) is 0 Å². The van der Waals surface area contributed by atoms with Gasteiger partial charge < -0.3 is 10.5 Å². The van der Waals surface area contributed by atoms with E-state index in [0.717, 1.165) is 0 Å². The monoisotopic (exact) mass is 271 g/mol. The molecule has 0 aliphatic heterocycles. The predicted octanol–water partition coefficient (Wildman–Crippen LogP) is 1.38. The number of esters is 1. The number of carbonyl (C=O) groups is 1. The molecule has 0 amide bonds. The minimum atomic E-state index is -3.76. The van der Waals surface area contributed by atoms with Gasteiger partial charge in [-0.2, -0.15) is 0 Å². The molecule has 0 aliphatic rings. The first-order valence-corrected chi connectivity index (χ1v) is 7.06. The summed E-state index contributed by atoms with van der Waals surface area (Å²) in [5, 5.41) is 0. The number of ether oxygens (including phenoxy) is 1. The summed E-state index contributed by atoms with van der Waals surface area (Å²) in [6, 6.07) is 6.02. The largest absolute Gasteiger partial charge is 0.459 e. The number of anilines is 1. The van der Waals surface area contributed by atoms with Crippen molar-refractivity contribution in [3.8, 4) is 0 Å². The fourth-order valence-corrected chi connectivity index (χ4v) is 2.61. The summed E-state index contributed by atoms with van der Waals surface area (Å²) in [4.78, 5) is 11.5. The van der Waals surface area contributed by atoms with Crippen molar-refractivity contribution >= 4 is 21.5 Å². The van der Waals surface area contributed by atoms with Gasteiger partial charge in [0, 0.05) is 0 Å². The fraction of sp³-hybridized carbons (Fsp3) is 0.417. The summed E-state index contributed by atoms with van der Waals surface area (Å²) < 4.78 is 28.9. The molecule has 0 unspecified atom stereocenters. The lowest BCUT2D eigenvalue weighted by Gasteiger charge is -2.19. The second-order valence-electron chi connectivity index (χ2n) is 4.88. The molecule has 1 aromatic carbocycles. The first-order chi connectivity index (χ1) is 8.12. The Morgan fingerprint density at radius 1 is 1.28 bits per heavy atom. The van der Waals surface area contributed by atoms with E-state index in [0.29, 0.717) is 0 Å². The number of carbonyl (C=O) groups excluding carboxylic acids is 1. The summed E-state index contributed by atoms with van der Waals surface area (Å²) in [5.74, 6) is -1.50. The summed E-state index contributed by atoms with van der Waals surface area (Å²) in [7, 11) is -3.76. The molecule has 0 saturated carbocycles. The number of hydrogen-bond acceptors (Lipinski definition) is 5. The molecule has 0 aliphatic carbocycles. The lowest BCUT2D eigenvalue weighted by molar-refractivity contribution is -0.151. The Bertz CT molecular complexity index is 543. The van der Waals surface area contributed by atoms with Crippen molar-refractivity contribution in [1.82, 2.24) is 0 Å². The van der Waals surface area contributed by atoms with Crippen LogP contribution < -0.4 is 5.73 Å². The van der Waals surface area contributed by atoms with Crippen LogP contribution in [0.4, 0.5) is 5.69 Å². The van der Waals surface area contributed by atoms with Crippen molar-refractivity contribution in [1.29, 1.82) is 0 Å². The lowest BCUT2D eigenvalue weighted by atomic mass is 10.2. The van der Waals surface area contributed by atoms with Crippen LogP contribution >= 0.6 is 0 Å². The third-order valence-electron chi connectivity index (χ3n) is 1.98. The molecule has 0 radical (unpaired) electrons. The van der Waals surface area contributed by atoms with Gasteiger partial charge in [0.2, 0.25) is 0 Å². The highest BCUT2D eigenvalue weighted by Crippen LogP contribution is 2.19. The Morgan fingerprint density at radius 2 is 1.83 bits per heavy atom. The molecule has 0 spiro atoms. The topological polar surface area (TPSA) is 86.5 Å². The summed E-state index contributed by atoms with van der Waals surface area (Å²) >= 11 is 0. The van der Waals surface area contributed by atoms with E-state index in [-0.39, 0.29) is 10.6 Å². The zero-order valence-electron chi connectivity index (χ0n) is 10.6. The van der Waals surface area contributed by atoms with Crippen molar-refractivity contribution in [2.75, 3.05) is 11.5 Å². The second-order valence-corrected chi connectivity index (χ2v) is 6.84. The van der Waals surface area contributed by atoms with E-state index in [1.165, 1.54) is 12.1 Å². The molecule has 0 heterocycles. The summed E-state index contributed by atoms with van der Waals surface area (Å²) in [6.45, 7) is 5.02. The third kappa shape index (κ3) is 4.03.